The average Bonchev–Trinajstić information content (AvgIpc) is 2.44. The first-order valence-electron chi connectivity index (χ1n) is 6.71. The number of hydrogen-bond donors (Lipinski definition) is 1. The second kappa shape index (κ2) is 6.59. The summed E-state index contributed by atoms with van der Waals surface area (Å²) < 4.78 is 0. The molecule has 0 fully saturated rings. The van der Waals surface area contributed by atoms with Crippen molar-refractivity contribution in [2.45, 2.75) is 26.4 Å². The molecule has 1 amide bonds. The summed E-state index contributed by atoms with van der Waals surface area (Å²) in [6, 6.07) is 8.68. The number of carbonyl (C=O) groups excluding carboxylic acids is 1. The van der Waals surface area contributed by atoms with Crippen LogP contribution in [0.1, 0.15) is 29.8 Å². The quantitative estimate of drug-likeness (QED) is 0.943. The van der Waals surface area contributed by atoms with Gasteiger partial charge in [0.1, 0.15) is 5.56 Å². The van der Waals surface area contributed by atoms with Gasteiger partial charge in [0.15, 0.2) is 5.43 Å². The van der Waals surface area contributed by atoms with E-state index in [4.69, 9.17) is 11.6 Å². The van der Waals surface area contributed by atoms with E-state index in [0.717, 1.165) is 5.56 Å². The van der Waals surface area contributed by atoms with Crippen LogP contribution in [0.5, 0.6) is 0 Å². The van der Waals surface area contributed by atoms with Crippen molar-refractivity contribution in [1.82, 2.24) is 9.88 Å². The highest BCUT2D eigenvalue weighted by Gasteiger charge is 2.21. The first-order valence-corrected chi connectivity index (χ1v) is 7.09. The van der Waals surface area contributed by atoms with Crippen LogP contribution in [0, 0.1) is 0 Å². The zero-order chi connectivity index (χ0) is 15.4. The molecule has 1 aromatic heterocycles. The molecule has 0 aliphatic rings. The standard InChI is InChI=1S/C16H17ClN2O2/c1-11(2)19(10-12-4-3-5-13(17)8-12)16(21)14-9-18-7-6-15(14)20/h3-9,11H,10H2,1-2H3,(H,18,20). The molecule has 2 aromatic rings. The van der Waals surface area contributed by atoms with Crippen LogP contribution < -0.4 is 5.43 Å². The number of aromatic amines is 1. The highest BCUT2D eigenvalue weighted by Crippen LogP contribution is 2.15. The van der Waals surface area contributed by atoms with Crippen LogP contribution in [0.2, 0.25) is 5.02 Å². The third kappa shape index (κ3) is 3.73. The molecule has 0 aliphatic heterocycles. The molecule has 0 atom stereocenters. The number of aromatic nitrogens is 1. The number of benzene rings is 1. The Labute approximate surface area is 128 Å². The van der Waals surface area contributed by atoms with Gasteiger partial charge in [-0.25, -0.2) is 0 Å². The van der Waals surface area contributed by atoms with Gasteiger partial charge in [0.25, 0.3) is 5.91 Å². The molecule has 5 heteroatoms. The zero-order valence-corrected chi connectivity index (χ0v) is 12.7. The summed E-state index contributed by atoms with van der Waals surface area (Å²) in [4.78, 5) is 28.8. The van der Waals surface area contributed by atoms with Crippen LogP contribution in [0.25, 0.3) is 0 Å². The third-order valence-corrected chi connectivity index (χ3v) is 3.42. The Morgan fingerprint density at radius 1 is 1.33 bits per heavy atom. The van der Waals surface area contributed by atoms with E-state index in [1.165, 1.54) is 18.5 Å². The molecule has 0 radical (unpaired) electrons. The minimum atomic E-state index is -0.285. The maximum Gasteiger partial charge on any atom is 0.259 e. The second-order valence-electron chi connectivity index (χ2n) is 5.08. The van der Waals surface area contributed by atoms with Crippen molar-refractivity contribution < 1.29 is 4.79 Å². The lowest BCUT2D eigenvalue weighted by molar-refractivity contribution is 0.0688. The lowest BCUT2D eigenvalue weighted by atomic mass is 10.1. The number of carbonyl (C=O) groups is 1. The SMILES string of the molecule is CC(C)N(Cc1cccc(Cl)c1)C(=O)c1c[nH]ccc1=O. The van der Waals surface area contributed by atoms with Gasteiger partial charge in [0.2, 0.25) is 0 Å². The van der Waals surface area contributed by atoms with E-state index < -0.39 is 0 Å². The van der Waals surface area contributed by atoms with Gasteiger partial charge in [-0.15, -0.1) is 0 Å². The highest BCUT2D eigenvalue weighted by molar-refractivity contribution is 6.30. The van der Waals surface area contributed by atoms with Crippen LogP contribution in [0.15, 0.2) is 47.5 Å². The average molecular weight is 305 g/mol. The Morgan fingerprint density at radius 3 is 2.71 bits per heavy atom. The Bertz CT molecular complexity index is 694. The first-order chi connectivity index (χ1) is 9.99. The van der Waals surface area contributed by atoms with Crippen molar-refractivity contribution in [3.63, 3.8) is 0 Å². The summed E-state index contributed by atoms with van der Waals surface area (Å²) in [6.45, 7) is 4.24. The fourth-order valence-corrected chi connectivity index (χ4v) is 2.27. The number of pyridine rings is 1. The summed E-state index contributed by atoms with van der Waals surface area (Å²) in [5.41, 5.74) is 0.792. The second-order valence-corrected chi connectivity index (χ2v) is 5.52. The predicted molar refractivity (Wildman–Crippen MR) is 83.5 cm³/mol. The lowest BCUT2D eigenvalue weighted by Crippen LogP contribution is -2.38. The highest BCUT2D eigenvalue weighted by atomic mass is 35.5. The number of hydrogen-bond acceptors (Lipinski definition) is 2. The van der Waals surface area contributed by atoms with Crippen molar-refractivity contribution in [2.24, 2.45) is 0 Å². The van der Waals surface area contributed by atoms with Gasteiger partial charge in [-0.1, -0.05) is 23.7 Å². The maximum absolute atomic E-state index is 12.6. The number of H-pyrrole nitrogens is 1. The molecular weight excluding hydrogens is 288 g/mol. The molecule has 0 saturated carbocycles. The number of nitrogens with one attached hydrogen (secondary N) is 1. The lowest BCUT2D eigenvalue weighted by Gasteiger charge is -2.26. The molecule has 1 N–H and O–H groups in total. The molecule has 110 valence electrons. The van der Waals surface area contributed by atoms with E-state index in [-0.39, 0.29) is 22.9 Å². The number of amides is 1. The molecule has 0 spiro atoms. The smallest absolute Gasteiger partial charge is 0.259 e. The normalized spacial score (nSPS) is 10.7. The van der Waals surface area contributed by atoms with Crippen molar-refractivity contribution in [1.29, 1.82) is 0 Å². The minimum absolute atomic E-state index is 0.0314. The van der Waals surface area contributed by atoms with Gasteiger partial charge >= 0.3 is 0 Å². The van der Waals surface area contributed by atoms with E-state index in [1.54, 1.807) is 11.0 Å². The summed E-state index contributed by atoms with van der Waals surface area (Å²) in [5.74, 6) is -0.285. The zero-order valence-electron chi connectivity index (χ0n) is 12.0. The molecule has 1 heterocycles. The Balaban J connectivity index is 2.29. The van der Waals surface area contributed by atoms with E-state index in [1.807, 2.05) is 32.0 Å². The van der Waals surface area contributed by atoms with E-state index in [9.17, 15) is 9.59 Å². The van der Waals surface area contributed by atoms with Crippen LogP contribution >= 0.6 is 11.6 Å². The van der Waals surface area contributed by atoms with Crippen LogP contribution in [0.3, 0.4) is 0 Å². The van der Waals surface area contributed by atoms with Gasteiger partial charge in [0.05, 0.1) is 0 Å². The van der Waals surface area contributed by atoms with E-state index >= 15 is 0 Å². The minimum Gasteiger partial charge on any atom is -0.367 e. The molecule has 2 rings (SSSR count). The van der Waals surface area contributed by atoms with E-state index in [2.05, 4.69) is 4.98 Å². The van der Waals surface area contributed by atoms with Crippen molar-refractivity contribution >= 4 is 17.5 Å². The monoisotopic (exact) mass is 304 g/mol. The Hall–Kier alpha value is -2.07. The van der Waals surface area contributed by atoms with Crippen molar-refractivity contribution in [3.8, 4) is 0 Å². The van der Waals surface area contributed by atoms with E-state index in [0.29, 0.717) is 11.6 Å². The van der Waals surface area contributed by atoms with Gasteiger partial charge in [0, 0.05) is 36.1 Å². The topological polar surface area (TPSA) is 53.2 Å². The van der Waals surface area contributed by atoms with Gasteiger partial charge in [-0.2, -0.15) is 0 Å². The van der Waals surface area contributed by atoms with Crippen LogP contribution in [0.4, 0.5) is 0 Å². The van der Waals surface area contributed by atoms with Crippen LogP contribution in [-0.4, -0.2) is 21.8 Å². The molecule has 0 unspecified atom stereocenters. The summed E-state index contributed by atoms with van der Waals surface area (Å²) in [6.07, 6.45) is 2.95. The van der Waals surface area contributed by atoms with Gasteiger partial charge in [-0.05, 0) is 31.5 Å². The fourth-order valence-electron chi connectivity index (χ4n) is 2.06. The van der Waals surface area contributed by atoms with Crippen molar-refractivity contribution in [3.05, 3.63) is 69.1 Å². The molecule has 21 heavy (non-hydrogen) atoms. The maximum atomic E-state index is 12.6. The molecule has 1 aromatic carbocycles. The summed E-state index contributed by atoms with van der Waals surface area (Å²) >= 11 is 5.97. The Morgan fingerprint density at radius 2 is 2.10 bits per heavy atom. The molecule has 4 nitrogen and oxygen atoms in total. The number of nitrogens with zero attached hydrogens (tertiary/aromatic N) is 1. The first kappa shape index (κ1) is 15.3. The Kier molecular flexibility index (Phi) is 4.81. The van der Waals surface area contributed by atoms with Crippen molar-refractivity contribution in [2.75, 3.05) is 0 Å². The summed E-state index contributed by atoms with van der Waals surface area (Å²) in [7, 11) is 0. The molecule has 0 bridgehead atoms. The van der Waals surface area contributed by atoms with Gasteiger partial charge in [-0.3, -0.25) is 9.59 Å². The largest absolute Gasteiger partial charge is 0.367 e. The molecular formula is C16H17ClN2O2. The number of rotatable bonds is 4. The van der Waals surface area contributed by atoms with Crippen LogP contribution in [-0.2, 0) is 6.54 Å². The fraction of sp³-hybridized carbons (Fsp3) is 0.250. The predicted octanol–water partition coefficient (Wildman–Crippen LogP) is 3.08. The third-order valence-electron chi connectivity index (χ3n) is 3.18. The van der Waals surface area contributed by atoms with Gasteiger partial charge < -0.3 is 9.88 Å². The molecule has 0 saturated heterocycles. The molecule has 0 aliphatic carbocycles. The summed E-state index contributed by atoms with van der Waals surface area (Å²) in [5, 5.41) is 0.626. The number of halogens is 1.